The van der Waals surface area contributed by atoms with Gasteiger partial charge in [-0.2, -0.15) is 0 Å². The molecule has 2 N–H and O–H groups in total. The van der Waals surface area contributed by atoms with E-state index in [-0.39, 0.29) is 23.3 Å². The van der Waals surface area contributed by atoms with Gasteiger partial charge >= 0.3 is 0 Å². The Hall–Kier alpha value is -2.47. The second-order valence-corrected chi connectivity index (χ2v) is 7.65. The van der Waals surface area contributed by atoms with E-state index in [1.165, 1.54) is 25.2 Å². The van der Waals surface area contributed by atoms with Crippen LogP contribution in [0.25, 0.3) is 11.1 Å². The van der Waals surface area contributed by atoms with Gasteiger partial charge in [-0.15, -0.1) is 0 Å². The van der Waals surface area contributed by atoms with Gasteiger partial charge in [0.05, 0.1) is 5.02 Å². The van der Waals surface area contributed by atoms with Crippen molar-refractivity contribution in [2.45, 2.75) is 6.42 Å². The van der Waals surface area contributed by atoms with Crippen molar-refractivity contribution in [1.29, 1.82) is 0 Å². The second kappa shape index (κ2) is 9.56. The molecule has 0 heterocycles. The molecular formula is C22H17Cl3FNO3. The van der Waals surface area contributed by atoms with Crippen LogP contribution in [0.1, 0.15) is 11.1 Å². The number of ether oxygens (including phenoxy) is 1. The topological polar surface area (TPSA) is 58.6 Å². The molecule has 3 aromatic carbocycles. The highest BCUT2D eigenvalue weighted by molar-refractivity contribution is 6.36. The molecule has 0 radical (unpaired) electrons. The fourth-order valence-electron chi connectivity index (χ4n) is 2.88. The number of likely N-dealkylation sites (N-methyl/N-ethyl adjacent to an activating group) is 1. The molecule has 0 aliphatic heterocycles. The number of carbonyl (C=O) groups is 1. The molecule has 8 heteroatoms. The molecule has 0 aliphatic carbocycles. The summed E-state index contributed by atoms with van der Waals surface area (Å²) in [6.45, 7) is -0.155. The van der Waals surface area contributed by atoms with Crippen LogP contribution in [0.2, 0.25) is 15.1 Å². The predicted molar refractivity (Wildman–Crippen MR) is 117 cm³/mol. The minimum atomic E-state index is -0.572. The Labute approximate surface area is 188 Å². The summed E-state index contributed by atoms with van der Waals surface area (Å²) in [4.78, 5) is 11.3. The van der Waals surface area contributed by atoms with Gasteiger partial charge in [0.25, 0.3) is 5.91 Å². The van der Waals surface area contributed by atoms with Crippen molar-refractivity contribution in [3.8, 4) is 22.6 Å². The van der Waals surface area contributed by atoms with Crippen molar-refractivity contribution in [2.75, 3.05) is 13.7 Å². The SMILES string of the molecule is CNC(=O)COc1cc(Cl)c(Cc2ccc(O)c(-c3cccc(F)c3Cl)c2)c(Cl)c1. The van der Waals surface area contributed by atoms with E-state index < -0.39 is 5.82 Å². The lowest BCUT2D eigenvalue weighted by atomic mass is 9.98. The number of rotatable bonds is 6. The van der Waals surface area contributed by atoms with E-state index >= 15 is 0 Å². The zero-order chi connectivity index (χ0) is 21.8. The standard InChI is InChI=1S/C22H17Cl3FNO3/c1-27-21(29)11-30-13-9-17(23)16(18(24)10-13)8-12-5-6-20(28)15(7-12)14-3-2-4-19(26)22(14)25/h2-7,9-10,28H,8,11H2,1H3,(H,27,29). The number of amides is 1. The van der Waals surface area contributed by atoms with E-state index in [1.54, 1.807) is 30.3 Å². The van der Waals surface area contributed by atoms with E-state index in [0.29, 0.717) is 38.9 Å². The molecule has 4 nitrogen and oxygen atoms in total. The van der Waals surface area contributed by atoms with Gasteiger partial charge in [0, 0.05) is 34.6 Å². The number of nitrogens with one attached hydrogen (secondary N) is 1. The van der Waals surface area contributed by atoms with Gasteiger partial charge in [-0.1, -0.05) is 53.0 Å². The van der Waals surface area contributed by atoms with Gasteiger partial charge in [-0.25, -0.2) is 4.39 Å². The summed E-state index contributed by atoms with van der Waals surface area (Å²) in [7, 11) is 1.51. The maximum Gasteiger partial charge on any atom is 0.257 e. The van der Waals surface area contributed by atoms with Gasteiger partial charge in [0.1, 0.15) is 17.3 Å². The molecule has 0 bridgehead atoms. The Morgan fingerprint density at radius 3 is 2.43 bits per heavy atom. The maximum atomic E-state index is 13.8. The lowest BCUT2D eigenvalue weighted by molar-refractivity contribution is -0.122. The van der Waals surface area contributed by atoms with Crippen molar-refractivity contribution in [3.63, 3.8) is 0 Å². The highest BCUT2D eigenvalue weighted by atomic mass is 35.5. The third kappa shape index (κ3) is 4.98. The number of aromatic hydroxyl groups is 1. The van der Waals surface area contributed by atoms with Crippen molar-refractivity contribution in [2.24, 2.45) is 0 Å². The minimum absolute atomic E-state index is 0.0265. The first-order chi connectivity index (χ1) is 14.3. The molecule has 156 valence electrons. The molecule has 30 heavy (non-hydrogen) atoms. The number of carbonyl (C=O) groups excluding carboxylic acids is 1. The minimum Gasteiger partial charge on any atom is -0.507 e. The van der Waals surface area contributed by atoms with Crippen molar-refractivity contribution < 1.29 is 19.0 Å². The highest BCUT2D eigenvalue weighted by Crippen LogP contribution is 2.38. The highest BCUT2D eigenvalue weighted by Gasteiger charge is 2.15. The van der Waals surface area contributed by atoms with E-state index in [9.17, 15) is 14.3 Å². The van der Waals surface area contributed by atoms with Crippen molar-refractivity contribution in [1.82, 2.24) is 5.32 Å². The number of hydrogen-bond acceptors (Lipinski definition) is 3. The second-order valence-electron chi connectivity index (χ2n) is 6.46. The summed E-state index contributed by atoms with van der Waals surface area (Å²) in [5, 5.41) is 13.4. The summed E-state index contributed by atoms with van der Waals surface area (Å²) in [5.41, 5.74) is 2.21. The quantitative estimate of drug-likeness (QED) is 0.475. The molecule has 0 saturated heterocycles. The Bertz CT molecular complexity index is 1080. The summed E-state index contributed by atoms with van der Waals surface area (Å²) in [6, 6.07) is 12.5. The zero-order valence-corrected chi connectivity index (χ0v) is 18.1. The first kappa shape index (κ1) is 22.2. The average Bonchev–Trinajstić information content (AvgIpc) is 2.72. The van der Waals surface area contributed by atoms with Crippen molar-refractivity contribution >= 4 is 40.7 Å². The van der Waals surface area contributed by atoms with Gasteiger partial charge in [0.15, 0.2) is 6.61 Å². The van der Waals surface area contributed by atoms with Crippen LogP contribution in [-0.4, -0.2) is 24.7 Å². The molecule has 3 aromatic rings. The molecule has 0 unspecified atom stereocenters. The van der Waals surface area contributed by atoms with E-state index in [2.05, 4.69) is 5.32 Å². The predicted octanol–water partition coefficient (Wildman–Crippen LogP) is 5.87. The Balaban J connectivity index is 1.90. The van der Waals surface area contributed by atoms with Crippen LogP contribution in [0.3, 0.4) is 0 Å². The first-order valence-electron chi connectivity index (χ1n) is 8.87. The largest absolute Gasteiger partial charge is 0.507 e. The van der Waals surface area contributed by atoms with Crippen LogP contribution in [0.5, 0.6) is 11.5 Å². The van der Waals surface area contributed by atoms with Crippen LogP contribution in [0.4, 0.5) is 4.39 Å². The van der Waals surface area contributed by atoms with Crippen LogP contribution < -0.4 is 10.1 Å². The van der Waals surface area contributed by atoms with Crippen molar-refractivity contribution in [3.05, 3.63) is 80.5 Å². The molecule has 0 aromatic heterocycles. The molecule has 1 amide bonds. The third-order valence-corrected chi connectivity index (χ3v) is 5.51. The zero-order valence-electron chi connectivity index (χ0n) is 15.8. The first-order valence-corrected chi connectivity index (χ1v) is 10.0. The molecule has 0 saturated carbocycles. The number of hydrogen-bond donors (Lipinski definition) is 2. The van der Waals surface area contributed by atoms with E-state index in [0.717, 1.165) is 5.56 Å². The molecular weight excluding hydrogens is 452 g/mol. The fourth-order valence-corrected chi connectivity index (χ4v) is 3.71. The number of phenols is 1. The van der Waals surface area contributed by atoms with E-state index in [1.807, 2.05) is 0 Å². The lowest BCUT2D eigenvalue weighted by Crippen LogP contribution is -2.24. The summed E-state index contributed by atoms with van der Waals surface area (Å²) in [5.74, 6) is -0.506. The lowest BCUT2D eigenvalue weighted by Gasteiger charge is -2.13. The summed E-state index contributed by atoms with van der Waals surface area (Å²) >= 11 is 18.8. The fraction of sp³-hybridized carbons (Fsp3) is 0.136. The molecule has 0 fully saturated rings. The molecule has 0 atom stereocenters. The van der Waals surface area contributed by atoms with Gasteiger partial charge in [0.2, 0.25) is 0 Å². The van der Waals surface area contributed by atoms with Crippen LogP contribution >= 0.6 is 34.8 Å². The van der Waals surface area contributed by atoms with Gasteiger partial charge < -0.3 is 15.2 Å². The smallest absolute Gasteiger partial charge is 0.257 e. The van der Waals surface area contributed by atoms with Crippen LogP contribution in [0, 0.1) is 5.82 Å². The number of phenolic OH excluding ortho intramolecular Hbond substituents is 1. The Morgan fingerprint density at radius 2 is 1.77 bits per heavy atom. The molecule has 0 aliphatic rings. The van der Waals surface area contributed by atoms with Gasteiger partial charge in [-0.3, -0.25) is 4.79 Å². The maximum absolute atomic E-state index is 13.8. The molecule has 3 rings (SSSR count). The number of benzene rings is 3. The van der Waals surface area contributed by atoms with Gasteiger partial charge in [-0.05, 0) is 41.5 Å². The average molecular weight is 469 g/mol. The monoisotopic (exact) mass is 467 g/mol. The third-order valence-electron chi connectivity index (χ3n) is 4.45. The Kier molecular flexibility index (Phi) is 7.08. The Morgan fingerprint density at radius 1 is 1.07 bits per heavy atom. The van der Waals surface area contributed by atoms with E-state index in [4.69, 9.17) is 39.5 Å². The normalized spacial score (nSPS) is 10.7. The molecule has 0 spiro atoms. The summed E-state index contributed by atoms with van der Waals surface area (Å²) < 4.78 is 19.2. The number of halogens is 4. The van der Waals surface area contributed by atoms with Crippen LogP contribution in [-0.2, 0) is 11.2 Å². The summed E-state index contributed by atoms with van der Waals surface area (Å²) in [6.07, 6.45) is 0.355. The van der Waals surface area contributed by atoms with Crippen LogP contribution in [0.15, 0.2) is 48.5 Å².